The van der Waals surface area contributed by atoms with Gasteiger partial charge in [-0.25, -0.2) is 0 Å². The molecule has 5 atom stereocenters. The molecular formula is C29H46N2O5S. The molecule has 0 aliphatic carbocycles. The van der Waals surface area contributed by atoms with Crippen LogP contribution in [-0.4, -0.2) is 81.1 Å². The van der Waals surface area contributed by atoms with Gasteiger partial charge in [0.1, 0.15) is 6.04 Å². The van der Waals surface area contributed by atoms with Gasteiger partial charge in [0, 0.05) is 31.0 Å². The van der Waals surface area contributed by atoms with Gasteiger partial charge in [-0.15, -0.1) is 24.9 Å². The number of unbranched alkanes of at least 4 members (excludes halogenated alkanes) is 5. The normalized spacial score (nSPS) is 29.9. The monoisotopic (exact) mass is 534 g/mol. The van der Waals surface area contributed by atoms with E-state index in [-0.39, 0.29) is 24.4 Å². The van der Waals surface area contributed by atoms with Crippen LogP contribution in [0.1, 0.15) is 78.1 Å². The standard InChI is InChI=1S/C29H46N2O5S/c1-5-8-11-18-30(17-7-3)26(34)24-29-16-15-28(4,37-29)23(27(35)36-21-14-9-6-2)22(29)25(33)31(24)19-12-10-13-20-32/h6-7,22-24,32H,2-3,5,8-21H2,1,4H3/t22-,23+,24?,28-,29?/m0/s1. The third-order valence-corrected chi connectivity index (χ3v) is 10.3. The number of esters is 1. The minimum Gasteiger partial charge on any atom is -0.465 e. The molecule has 1 N–H and O–H groups in total. The highest BCUT2D eigenvalue weighted by Gasteiger charge is 2.77. The van der Waals surface area contributed by atoms with E-state index < -0.39 is 27.4 Å². The maximum atomic E-state index is 14.2. The van der Waals surface area contributed by atoms with Gasteiger partial charge in [0.25, 0.3) is 0 Å². The van der Waals surface area contributed by atoms with Crippen LogP contribution in [0.15, 0.2) is 25.3 Å². The van der Waals surface area contributed by atoms with E-state index in [9.17, 15) is 19.5 Å². The molecule has 0 aromatic rings. The maximum absolute atomic E-state index is 14.2. The summed E-state index contributed by atoms with van der Waals surface area (Å²) < 4.78 is 4.66. The number of carbonyl (C=O) groups excluding carboxylic acids is 3. The smallest absolute Gasteiger partial charge is 0.311 e. The Labute approximate surface area is 227 Å². The van der Waals surface area contributed by atoms with E-state index in [2.05, 4.69) is 27.0 Å². The average molecular weight is 535 g/mol. The molecule has 3 saturated heterocycles. The zero-order valence-electron chi connectivity index (χ0n) is 22.8. The number of likely N-dealkylation sites (tertiary alicyclic amines) is 1. The van der Waals surface area contributed by atoms with E-state index in [0.717, 1.165) is 51.4 Å². The van der Waals surface area contributed by atoms with Gasteiger partial charge in [0.15, 0.2) is 0 Å². The van der Waals surface area contributed by atoms with Gasteiger partial charge in [-0.1, -0.05) is 31.9 Å². The number of thioether (sulfide) groups is 1. The summed E-state index contributed by atoms with van der Waals surface area (Å²) in [6.45, 7) is 13.8. The Morgan fingerprint density at radius 3 is 2.62 bits per heavy atom. The highest BCUT2D eigenvalue weighted by atomic mass is 32.2. The number of amides is 2. The summed E-state index contributed by atoms with van der Waals surface area (Å²) in [4.78, 5) is 45.3. The number of hydrogen-bond acceptors (Lipinski definition) is 6. The van der Waals surface area contributed by atoms with Gasteiger partial charge in [-0.2, -0.15) is 0 Å². The first-order valence-corrected chi connectivity index (χ1v) is 14.9. The minimum atomic E-state index is -0.616. The topological polar surface area (TPSA) is 87.1 Å². The largest absolute Gasteiger partial charge is 0.465 e. The van der Waals surface area contributed by atoms with E-state index in [1.807, 2.05) is 4.90 Å². The number of fused-ring (bicyclic) bond motifs is 1. The molecule has 2 bridgehead atoms. The van der Waals surface area contributed by atoms with Gasteiger partial charge in [0.05, 0.1) is 23.2 Å². The SMILES string of the molecule is C=CCCCOC(=O)[C@H]1[C@H]2C(=O)N(CCCCCO)C(C(=O)N(CC=C)CCCCC)C23CC[C@]1(C)S3. The summed E-state index contributed by atoms with van der Waals surface area (Å²) in [5.41, 5.74) is 0. The molecule has 0 aromatic carbocycles. The molecule has 3 rings (SSSR count). The lowest BCUT2D eigenvalue weighted by Gasteiger charge is -2.37. The Kier molecular flexibility index (Phi) is 10.7. The van der Waals surface area contributed by atoms with Crippen LogP contribution in [0.2, 0.25) is 0 Å². The van der Waals surface area contributed by atoms with Crippen LogP contribution in [-0.2, 0) is 19.1 Å². The van der Waals surface area contributed by atoms with E-state index in [1.54, 1.807) is 28.8 Å². The molecular weight excluding hydrogens is 488 g/mol. The Morgan fingerprint density at radius 1 is 1.16 bits per heavy atom. The van der Waals surface area contributed by atoms with Crippen molar-refractivity contribution in [1.82, 2.24) is 9.80 Å². The number of rotatable bonds is 17. The lowest BCUT2D eigenvalue weighted by atomic mass is 9.66. The predicted octanol–water partition coefficient (Wildman–Crippen LogP) is 4.34. The molecule has 0 aromatic heterocycles. The molecule has 3 aliphatic heterocycles. The molecule has 0 radical (unpaired) electrons. The maximum Gasteiger partial charge on any atom is 0.311 e. The quantitative estimate of drug-likeness (QED) is 0.170. The van der Waals surface area contributed by atoms with Crippen LogP contribution in [0.4, 0.5) is 0 Å². The van der Waals surface area contributed by atoms with E-state index in [0.29, 0.717) is 39.1 Å². The first-order chi connectivity index (χ1) is 17.8. The van der Waals surface area contributed by atoms with Crippen LogP contribution < -0.4 is 0 Å². The van der Waals surface area contributed by atoms with Gasteiger partial charge >= 0.3 is 5.97 Å². The number of ether oxygens (including phenoxy) is 1. The van der Waals surface area contributed by atoms with Gasteiger partial charge in [-0.05, 0) is 58.3 Å². The summed E-state index contributed by atoms with van der Waals surface area (Å²) in [6, 6.07) is -0.592. The number of allylic oxidation sites excluding steroid dienone is 1. The van der Waals surface area contributed by atoms with Gasteiger partial charge in [-0.3, -0.25) is 14.4 Å². The summed E-state index contributed by atoms with van der Waals surface area (Å²) in [5, 5.41) is 9.22. The van der Waals surface area contributed by atoms with Crippen molar-refractivity contribution >= 4 is 29.5 Å². The van der Waals surface area contributed by atoms with Gasteiger partial charge in [0.2, 0.25) is 11.8 Å². The minimum absolute atomic E-state index is 0.0224. The lowest BCUT2D eigenvalue weighted by Crippen LogP contribution is -2.55. The fourth-order valence-corrected chi connectivity index (χ4v) is 8.88. The zero-order valence-corrected chi connectivity index (χ0v) is 23.6. The second-order valence-electron chi connectivity index (χ2n) is 10.9. The van der Waals surface area contributed by atoms with Crippen molar-refractivity contribution in [3.63, 3.8) is 0 Å². The van der Waals surface area contributed by atoms with Crippen molar-refractivity contribution in [3.8, 4) is 0 Å². The number of carbonyl (C=O) groups is 3. The van der Waals surface area contributed by atoms with Crippen LogP contribution in [0.25, 0.3) is 0 Å². The number of hydrogen-bond donors (Lipinski definition) is 1. The molecule has 0 saturated carbocycles. The van der Waals surface area contributed by atoms with Crippen LogP contribution >= 0.6 is 11.8 Å². The summed E-state index contributed by atoms with van der Waals surface area (Å²) in [5.74, 6) is -1.51. The van der Waals surface area contributed by atoms with Gasteiger partial charge < -0.3 is 19.6 Å². The number of nitrogens with zero attached hydrogens (tertiary/aromatic N) is 2. The fraction of sp³-hybridized carbons (Fsp3) is 0.759. The van der Waals surface area contributed by atoms with Crippen molar-refractivity contribution in [1.29, 1.82) is 0 Å². The molecule has 2 amide bonds. The highest BCUT2D eigenvalue weighted by molar-refractivity contribution is 8.02. The second-order valence-corrected chi connectivity index (χ2v) is 12.8. The summed E-state index contributed by atoms with van der Waals surface area (Å²) in [6.07, 6.45) is 11.7. The molecule has 3 aliphatic rings. The molecule has 208 valence electrons. The lowest BCUT2D eigenvalue weighted by molar-refractivity contribution is -0.155. The van der Waals surface area contributed by atoms with Crippen molar-refractivity contribution in [2.45, 2.75) is 93.6 Å². The third-order valence-electron chi connectivity index (χ3n) is 8.31. The predicted molar refractivity (Wildman–Crippen MR) is 148 cm³/mol. The molecule has 37 heavy (non-hydrogen) atoms. The number of aliphatic hydroxyl groups excluding tert-OH is 1. The van der Waals surface area contributed by atoms with Crippen molar-refractivity contribution in [3.05, 3.63) is 25.3 Å². The zero-order chi connectivity index (χ0) is 27.1. The van der Waals surface area contributed by atoms with Crippen molar-refractivity contribution < 1.29 is 24.2 Å². The highest BCUT2D eigenvalue weighted by Crippen LogP contribution is 2.71. The molecule has 7 nitrogen and oxygen atoms in total. The first-order valence-electron chi connectivity index (χ1n) is 14.1. The van der Waals surface area contributed by atoms with E-state index in [4.69, 9.17) is 4.74 Å². The Morgan fingerprint density at radius 2 is 1.95 bits per heavy atom. The van der Waals surface area contributed by atoms with Crippen LogP contribution in [0.3, 0.4) is 0 Å². The molecule has 2 unspecified atom stereocenters. The third kappa shape index (κ3) is 5.95. The first kappa shape index (κ1) is 29.8. The molecule has 1 spiro atoms. The Hall–Kier alpha value is -1.80. The van der Waals surface area contributed by atoms with Crippen molar-refractivity contribution in [2.24, 2.45) is 11.8 Å². The second kappa shape index (κ2) is 13.3. The fourth-order valence-electron chi connectivity index (χ4n) is 6.54. The van der Waals surface area contributed by atoms with E-state index in [1.165, 1.54) is 0 Å². The summed E-state index contributed by atoms with van der Waals surface area (Å²) >= 11 is 1.69. The van der Waals surface area contributed by atoms with Crippen LogP contribution in [0, 0.1) is 11.8 Å². The van der Waals surface area contributed by atoms with E-state index >= 15 is 0 Å². The average Bonchev–Trinajstić information content (AvgIpc) is 3.44. The Bertz CT molecular complexity index is 850. The Balaban J connectivity index is 1.92. The van der Waals surface area contributed by atoms with Crippen LogP contribution in [0.5, 0.6) is 0 Å². The number of aliphatic hydroxyl groups is 1. The van der Waals surface area contributed by atoms with Crippen molar-refractivity contribution in [2.75, 3.05) is 32.8 Å². The molecule has 8 heteroatoms. The molecule has 3 fully saturated rings. The summed E-state index contributed by atoms with van der Waals surface area (Å²) in [7, 11) is 0. The molecule has 3 heterocycles.